The molecule has 0 N–H and O–H groups in total. The molecule has 0 bridgehead atoms. The lowest BCUT2D eigenvalue weighted by molar-refractivity contribution is 0.269. The monoisotopic (exact) mass is 260 g/mol. The van der Waals surface area contributed by atoms with Crippen molar-refractivity contribution in [3.8, 4) is 6.26 Å². The second-order valence-corrected chi connectivity index (χ2v) is 3.84. The van der Waals surface area contributed by atoms with E-state index in [0.29, 0.717) is 17.2 Å². The molecule has 0 aromatic carbocycles. The van der Waals surface area contributed by atoms with Crippen molar-refractivity contribution in [3.63, 3.8) is 0 Å². The quantitative estimate of drug-likeness (QED) is 0.481. The summed E-state index contributed by atoms with van der Waals surface area (Å²) in [6.07, 6.45) is 5.04. The zero-order valence-corrected chi connectivity index (χ0v) is 10.1. The highest BCUT2D eigenvalue weighted by Gasteiger charge is 1.97. The van der Waals surface area contributed by atoms with Crippen LogP contribution in [0.5, 0.6) is 0 Å². The average Bonchev–Trinajstić information content (AvgIpc) is 2.40. The van der Waals surface area contributed by atoms with Gasteiger partial charge in [-0.05, 0) is 28.9 Å². The fourth-order valence-corrected chi connectivity index (χ4v) is 1.56. The zero-order chi connectivity index (χ0) is 12.8. The molecular weight excluding hydrogens is 252 g/mol. The number of rotatable bonds is 3. The molecule has 2 heterocycles. The topological polar surface area (TPSA) is 63.2 Å². The summed E-state index contributed by atoms with van der Waals surface area (Å²) >= 11 is 5.72. The second kappa shape index (κ2) is 5.84. The molecule has 18 heavy (non-hydrogen) atoms. The molecule has 0 unspecified atom stereocenters. The largest absolute Gasteiger partial charge is 0.326 e. The Morgan fingerprint density at radius 2 is 2.28 bits per heavy atom. The summed E-state index contributed by atoms with van der Waals surface area (Å²) in [6, 6.07) is 9.04. The van der Waals surface area contributed by atoms with Crippen molar-refractivity contribution in [1.82, 2.24) is 9.55 Å². The molecule has 90 valence electrons. The summed E-state index contributed by atoms with van der Waals surface area (Å²) in [4.78, 5) is 8.40. The predicted octanol–water partition coefficient (Wildman–Crippen LogP) is 1.90. The smallest absolute Gasteiger partial charge is 0.316 e. The van der Waals surface area contributed by atoms with E-state index in [4.69, 9.17) is 16.9 Å². The van der Waals surface area contributed by atoms with Crippen LogP contribution in [0.2, 0.25) is 5.15 Å². The first-order valence-electron chi connectivity index (χ1n) is 5.14. The van der Waals surface area contributed by atoms with E-state index >= 15 is 0 Å². The van der Waals surface area contributed by atoms with Crippen molar-refractivity contribution < 1.29 is 4.84 Å². The molecule has 0 radical (unpaired) electrons. The Morgan fingerprint density at radius 1 is 1.39 bits per heavy atom. The predicted molar refractivity (Wildman–Crippen MR) is 65.0 cm³/mol. The summed E-state index contributed by atoms with van der Waals surface area (Å²) in [7, 11) is 0. The van der Waals surface area contributed by atoms with E-state index in [1.807, 2.05) is 29.0 Å². The Kier molecular flexibility index (Phi) is 3.94. The molecule has 0 fully saturated rings. The van der Waals surface area contributed by atoms with Crippen LogP contribution >= 0.6 is 11.6 Å². The fourth-order valence-electron chi connectivity index (χ4n) is 1.45. The van der Waals surface area contributed by atoms with E-state index in [-0.39, 0.29) is 0 Å². The third-order valence-electron chi connectivity index (χ3n) is 2.24. The van der Waals surface area contributed by atoms with E-state index in [9.17, 15) is 0 Å². The van der Waals surface area contributed by atoms with Gasteiger partial charge in [-0.2, -0.15) is 0 Å². The number of nitriles is 1. The lowest BCUT2D eigenvalue weighted by Crippen LogP contribution is -2.20. The number of pyridine rings is 2. The summed E-state index contributed by atoms with van der Waals surface area (Å²) in [5.41, 5.74) is 1.53. The summed E-state index contributed by atoms with van der Waals surface area (Å²) in [5, 5.41) is 12.5. The van der Waals surface area contributed by atoms with Crippen LogP contribution in [0.1, 0.15) is 5.56 Å². The van der Waals surface area contributed by atoms with Crippen LogP contribution in [0.4, 0.5) is 0 Å². The van der Waals surface area contributed by atoms with E-state index in [1.54, 1.807) is 18.3 Å². The molecule has 0 spiro atoms. The molecule has 6 heteroatoms. The lowest BCUT2D eigenvalue weighted by atomic mass is 10.3. The van der Waals surface area contributed by atoms with E-state index in [2.05, 4.69) is 15.0 Å². The van der Waals surface area contributed by atoms with Crippen LogP contribution in [0, 0.1) is 11.5 Å². The number of hydrogen-bond donors (Lipinski definition) is 0. The minimum atomic E-state index is 0.453. The highest BCUT2D eigenvalue weighted by Crippen LogP contribution is 2.05. The van der Waals surface area contributed by atoms with Crippen molar-refractivity contribution in [2.45, 2.75) is 6.54 Å². The van der Waals surface area contributed by atoms with Gasteiger partial charge >= 0.3 is 6.26 Å². The first kappa shape index (κ1) is 12.1. The SMILES string of the molecule is N#CON=c1ccccn1Cc1ccc(Cl)nc1. The van der Waals surface area contributed by atoms with Gasteiger partial charge in [-0.15, -0.1) is 5.26 Å². The van der Waals surface area contributed by atoms with Crippen molar-refractivity contribution >= 4 is 11.6 Å². The van der Waals surface area contributed by atoms with Crippen molar-refractivity contribution in [3.05, 3.63) is 58.9 Å². The van der Waals surface area contributed by atoms with Gasteiger partial charge in [0.1, 0.15) is 5.15 Å². The molecule has 0 aliphatic heterocycles. The van der Waals surface area contributed by atoms with Gasteiger partial charge in [0.25, 0.3) is 0 Å². The van der Waals surface area contributed by atoms with Crippen LogP contribution in [0.3, 0.4) is 0 Å². The van der Waals surface area contributed by atoms with Crippen molar-refractivity contribution in [2.75, 3.05) is 0 Å². The third kappa shape index (κ3) is 3.09. The maximum Gasteiger partial charge on any atom is 0.316 e. The normalized spacial score (nSPS) is 11.0. The first-order valence-corrected chi connectivity index (χ1v) is 5.52. The van der Waals surface area contributed by atoms with Gasteiger partial charge in [0, 0.05) is 12.4 Å². The summed E-state index contributed by atoms with van der Waals surface area (Å²) in [6.45, 7) is 0.568. The van der Waals surface area contributed by atoms with Gasteiger partial charge in [0.05, 0.1) is 6.54 Å². The Hall–Kier alpha value is -2.32. The Labute approximate surface area is 109 Å². The Balaban J connectivity index is 2.29. The number of halogens is 1. The molecule has 0 saturated carbocycles. The molecule has 2 aromatic heterocycles. The van der Waals surface area contributed by atoms with Gasteiger partial charge in [0.2, 0.25) is 0 Å². The van der Waals surface area contributed by atoms with Crippen LogP contribution in [0.25, 0.3) is 0 Å². The highest BCUT2D eigenvalue weighted by molar-refractivity contribution is 6.29. The summed E-state index contributed by atoms with van der Waals surface area (Å²) < 4.78 is 1.84. The lowest BCUT2D eigenvalue weighted by Gasteiger charge is -2.06. The van der Waals surface area contributed by atoms with E-state index < -0.39 is 0 Å². The zero-order valence-electron chi connectivity index (χ0n) is 9.32. The number of nitrogens with zero attached hydrogens (tertiary/aromatic N) is 4. The van der Waals surface area contributed by atoms with Gasteiger partial charge < -0.3 is 4.57 Å². The standard InChI is InChI=1S/C12H9ClN4O/c13-11-5-4-10(7-15-11)8-17-6-2-1-3-12(17)16-18-9-14/h1-7H,8H2. The minimum absolute atomic E-state index is 0.453. The molecule has 0 amide bonds. The van der Waals surface area contributed by atoms with Crippen LogP contribution < -0.4 is 5.49 Å². The summed E-state index contributed by atoms with van der Waals surface area (Å²) in [5.74, 6) is 0. The van der Waals surface area contributed by atoms with E-state index in [0.717, 1.165) is 5.56 Å². The molecule has 5 nitrogen and oxygen atoms in total. The average molecular weight is 261 g/mol. The Bertz CT molecular complexity index is 628. The first-order chi connectivity index (χ1) is 8.79. The van der Waals surface area contributed by atoms with Crippen LogP contribution in [-0.2, 0) is 11.4 Å². The fraction of sp³-hybridized carbons (Fsp3) is 0.0833. The van der Waals surface area contributed by atoms with Crippen molar-refractivity contribution in [1.29, 1.82) is 5.26 Å². The molecule has 0 saturated heterocycles. The molecule has 0 atom stereocenters. The molecule has 2 aromatic rings. The van der Waals surface area contributed by atoms with Crippen molar-refractivity contribution in [2.24, 2.45) is 5.16 Å². The number of hydrogen-bond acceptors (Lipinski definition) is 4. The highest BCUT2D eigenvalue weighted by atomic mass is 35.5. The molecule has 0 aliphatic rings. The van der Waals surface area contributed by atoms with Gasteiger partial charge in [-0.1, -0.05) is 23.7 Å². The van der Waals surface area contributed by atoms with E-state index in [1.165, 1.54) is 6.26 Å². The molecule has 2 rings (SSSR count). The van der Waals surface area contributed by atoms with Gasteiger partial charge in [-0.25, -0.2) is 4.98 Å². The van der Waals surface area contributed by atoms with Crippen LogP contribution in [-0.4, -0.2) is 9.55 Å². The Morgan fingerprint density at radius 3 is 3.00 bits per heavy atom. The van der Waals surface area contributed by atoms with Gasteiger partial charge in [0.15, 0.2) is 5.49 Å². The third-order valence-corrected chi connectivity index (χ3v) is 2.46. The number of aromatic nitrogens is 2. The van der Waals surface area contributed by atoms with Gasteiger partial charge in [-0.3, -0.25) is 4.84 Å². The second-order valence-electron chi connectivity index (χ2n) is 3.45. The van der Waals surface area contributed by atoms with Crippen LogP contribution in [0.15, 0.2) is 47.9 Å². The molecule has 0 aliphatic carbocycles. The maximum atomic E-state index is 8.34. The molecular formula is C12H9ClN4O. The minimum Gasteiger partial charge on any atom is -0.326 e. The maximum absolute atomic E-state index is 8.34.